The molecule has 0 radical (unpaired) electrons. The largest absolute Gasteiger partial charge is 0.457 e. The van der Waals surface area contributed by atoms with Crippen LogP contribution in [0.25, 0.3) is 17.4 Å². The van der Waals surface area contributed by atoms with Gasteiger partial charge in [-0.1, -0.05) is 60.2 Å². The van der Waals surface area contributed by atoms with E-state index in [0.717, 1.165) is 16.9 Å². The van der Waals surface area contributed by atoms with Crippen molar-refractivity contribution < 1.29 is 9.21 Å². The van der Waals surface area contributed by atoms with Gasteiger partial charge in [-0.15, -0.1) is 11.3 Å². The van der Waals surface area contributed by atoms with E-state index in [1.54, 1.807) is 12.3 Å². The van der Waals surface area contributed by atoms with E-state index in [0.29, 0.717) is 16.7 Å². The number of benzene rings is 2. The number of aryl methyl sites for hydroxylation is 1. The maximum absolute atomic E-state index is 12.6. The Morgan fingerprint density at radius 1 is 1.13 bits per heavy atom. The van der Waals surface area contributed by atoms with Gasteiger partial charge in [0.2, 0.25) is 0 Å². The lowest BCUT2D eigenvalue weighted by Gasteiger charge is -2.00. The van der Waals surface area contributed by atoms with Crippen LogP contribution in [-0.2, 0) is 11.2 Å². The fourth-order valence-electron chi connectivity index (χ4n) is 3.00. The first-order chi connectivity index (χ1) is 15.1. The number of amides is 1. The van der Waals surface area contributed by atoms with Crippen molar-refractivity contribution in [2.24, 2.45) is 0 Å². The fourth-order valence-corrected chi connectivity index (χ4v) is 3.84. The SMILES string of the molecule is Cc1ccc(Cc2cnc(NC(=O)C(C#N)=Cc3ccc(-c4ccccc4)o3)s2)cc1. The van der Waals surface area contributed by atoms with Crippen LogP contribution in [0.4, 0.5) is 5.13 Å². The van der Waals surface area contributed by atoms with E-state index >= 15 is 0 Å². The van der Waals surface area contributed by atoms with Gasteiger partial charge in [-0.2, -0.15) is 5.26 Å². The second-order valence-electron chi connectivity index (χ2n) is 6.99. The van der Waals surface area contributed by atoms with Crippen LogP contribution in [0.3, 0.4) is 0 Å². The average Bonchev–Trinajstić information content (AvgIpc) is 3.44. The van der Waals surface area contributed by atoms with Crippen LogP contribution >= 0.6 is 11.3 Å². The topological polar surface area (TPSA) is 78.9 Å². The molecular weight excluding hydrogens is 406 g/mol. The number of hydrogen-bond acceptors (Lipinski definition) is 5. The van der Waals surface area contributed by atoms with Crippen LogP contribution in [0.15, 0.2) is 82.9 Å². The van der Waals surface area contributed by atoms with Crippen molar-refractivity contribution in [2.45, 2.75) is 13.3 Å². The minimum atomic E-state index is -0.517. The summed E-state index contributed by atoms with van der Waals surface area (Å²) >= 11 is 1.39. The summed E-state index contributed by atoms with van der Waals surface area (Å²) < 4.78 is 5.76. The zero-order valence-electron chi connectivity index (χ0n) is 16.8. The molecule has 0 unspecified atom stereocenters. The second kappa shape index (κ2) is 9.24. The lowest BCUT2D eigenvalue weighted by atomic mass is 10.1. The van der Waals surface area contributed by atoms with Crippen LogP contribution in [0.1, 0.15) is 21.8 Å². The van der Waals surface area contributed by atoms with Crippen molar-refractivity contribution in [2.75, 3.05) is 5.32 Å². The molecule has 0 saturated heterocycles. The summed E-state index contributed by atoms with van der Waals surface area (Å²) in [5.74, 6) is 0.589. The summed E-state index contributed by atoms with van der Waals surface area (Å²) in [7, 11) is 0. The number of carbonyl (C=O) groups excluding carboxylic acids is 1. The molecule has 2 heterocycles. The third-order valence-electron chi connectivity index (χ3n) is 4.61. The quantitative estimate of drug-likeness (QED) is 0.310. The molecule has 0 spiro atoms. The lowest BCUT2D eigenvalue weighted by molar-refractivity contribution is -0.112. The van der Waals surface area contributed by atoms with Crippen LogP contribution in [0.5, 0.6) is 0 Å². The van der Waals surface area contributed by atoms with E-state index in [4.69, 9.17) is 4.42 Å². The summed E-state index contributed by atoms with van der Waals surface area (Å²) in [6.45, 7) is 2.05. The molecule has 152 valence electrons. The van der Waals surface area contributed by atoms with E-state index in [9.17, 15) is 10.1 Å². The molecule has 4 rings (SSSR count). The van der Waals surface area contributed by atoms with Crippen molar-refractivity contribution in [3.63, 3.8) is 0 Å². The molecule has 0 aliphatic heterocycles. The molecule has 0 aliphatic carbocycles. The molecule has 5 nitrogen and oxygen atoms in total. The molecule has 0 bridgehead atoms. The molecule has 31 heavy (non-hydrogen) atoms. The van der Waals surface area contributed by atoms with E-state index in [2.05, 4.69) is 41.5 Å². The minimum Gasteiger partial charge on any atom is -0.457 e. The molecule has 0 aliphatic rings. The number of anilines is 1. The number of nitriles is 1. The number of aromatic nitrogens is 1. The summed E-state index contributed by atoms with van der Waals surface area (Å²) in [5.41, 5.74) is 3.26. The molecule has 2 aromatic carbocycles. The van der Waals surface area contributed by atoms with Gasteiger partial charge in [-0.3, -0.25) is 10.1 Å². The minimum absolute atomic E-state index is 0.0516. The van der Waals surface area contributed by atoms with Crippen molar-refractivity contribution in [3.05, 3.63) is 100 Å². The van der Waals surface area contributed by atoms with Gasteiger partial charge in [0.25, 0.3) is 5.91 Å². The Hall–Kier alpha value is -3.95. The zero-order chi connectivity index (χ0) is 21.6. The van der Waals surface area contributed by atoms with Gasteiger partial charge in [0.1, 0.15) is 23.2 Å². The number of carbonyl (C=O) groups is 1. The Labute approximate surface area is 184 Å². The lowest BCUT2D eigenvalue weighted by Crippen LogP contribution is -2.13. The van der Waals surface area contributed by atoms with Gasteiger partial charge in [-0.25, -0.2) is 4.98 Å². The maximum Gasteiger partial charge on any atom is 0.268 e. The highest BCUT2D eigenvalue weighted by Crippen LogP contribution is 2.24. The average molecular weight is 426 g/mol. The number of rotatable bonds is 6. The normalized spacial score (nSPS) is 11.2. The van der Waals surface area contributed by atoms with E-state index in [1.165, 1.54) is 28.5 Å². The fraction of sp³-hybridized carbons (Fsp3) is 0.0800. The molecule has 6 heteroatoms. The van der Waals surface area contributed by atoms with Gasteiger partial charge in [-0.05, 0) is 24.6 Å². The predicted octanol–water partition coefficient (Wildman–Crippen LogP) is 5.85. The van der Waals surface area contributed by atoms with E-state index in [-0.39, 0.29) is 5.57 Å². The Morgan fingerprint density at radius 2 is 1.90 bits per heavy atom. The van der Waals surface area contributed by atoms with Gasteiger partial charge >= 0.3 is 0 Å². The number of hydrogen-bond donors (Lipinski definition) is 1. The Kier molecular flexibility index (Phi) is 6.06. The first kappa shape index (κ1) is 20.3. The van der Waals surface area contributed by atoms with Crippen LogP contribution in [0.2, 0.25) is 0 Å². The van der Waals surface area contributed by atoms with Gasteiger partial charge < -0.3 is 4.42 Å². The molecule has 0 atom stereocenters. The number of nitrogens with one attached hydrogen (secondary N) is 1. The Morgan fingerprint density at radius 3 is 2.65 bits per heavy atom. The Bertz CT molecular complexity index is 1260. The zero-order valence-corrected chi connectivity index (χ0v) is 17.6. The molecular formula is C25H19N3O2S. The van der Waals surface area contributed by atoms with Crippen LogP contribution in [-0.4, -0.2) is 10.9 Å². The first-order valence-electron chi connectivity index (χ1n) is 9.69. The molecule has 2 aromatic heterocycles. The van der Waals surface area contributed by atoms with E-state index < -0.39 is 5.91 Å². The number of thiazole rings is 1. The number of furan rings is 1. The van der Waals surface area contributed by atoms with E-state index in [1.807, 2.05) is 42.5 Å². The highest BCUT2D eigenvalue weighted by atomic mass is 32.1. The summed E-state index contributed by atoms with van der Waals surface area (Å²) in [6, 6.07) is 23.4. The first-order valence-corrected chi connectivity index (χ1v) is 10.5. The predicted molar refractivity (Wildman–Crippen MR) is 122 cm³/mol. The smallest absolute Gasteiger partial charge is 0.268 e. The summed E-state index contributed by atoms with van der Waals surface area (Å²) in [4.78, 5) is 17.8. The number of nitrogens with zero attached hydrogens (tertiary/aromatic N) is 2. The third-order valence-corrected chi connectivity index (χ3v) is 5.52. The monoisotopic (exact) mass is 425 g/mol. The van der Waals surface area contributed by atoms with Gasteiger partial charge in [0.05, 0.1) is 0 Å². The van der Waals surface area contributed by atoms with Crippen molar-refractivity contribution in [3.8, 4) is 17.4 Å². The van der Waals surface area contributed by atoms with Gasteiger partial charge in [0, 0.05) is 29.1 Å². The standard InChI is InChI=1S/C25H19N3O2S/c1-17-7-9-18(10-8-17)13-22-16-27-25(31-22)28-24(29)20(15-26)14-21-11-12-23(30-21)19-5-3-2-4-6-19/h2-12,14,16H,13H2,1H3,(H,27,28,29). The third kappa shape index (κ3) is 5.16. The second-order valence-corrected chi connectivity index (χ2v) is 8.10. The highest BCUT2D eigenvalue weighted by Gasteiger charge is 2.13. The summed E-state index contributed by atoms with van der Waals surface area (Å²) in [5, 5.41) is 12.6. The molecule has 0 fully saturated rings. The molecule has 0 saturated carbocycles. The summed E-state index contributed by atoms with van der Waals surface area (Å²) in [6.07, 6.45) is 3.92. The van der Waals surface area contributed by atoms with Gasteiger partial charge in [0.15, 0.2) is 5.13 Å². The van der Waals surface area contributed by atoms with Crippen molar-refractivity contribution in [1.29, 1.82) is 5.26 Å². The van der Waals surface area contributed by atoms with Crippen LogP contribution < -0.4 is 5.32 Å². The Balaban J connectivity index is 1.44. The highest BCUT2D eigenvalue weighted by molar-refractivity contribution is 7.15. The van der Waals surface area contributed by atoms with Crippen molar-refractivity contribution in [1.82, 2.24) is 4.98 Å². The molecule has 1 amide bonds. The molecule has 1 N–H and O–H groups in total. The maximum atomic E-state index is 12.6. The van der Waals surface area contributed by atoms with Crippen LogP contribution in [0, 0.1) is 18.3 Å². The molecule has 4 aromatic rings. The van der Waals surface area contributed by atoms with Crippen molar-refractivity contribution >= 4 is 28.5 Å².